The topological polar surface area (TPSA) is 9.23 Å². The molecule has 0 spiro atoms. The lowest BCUT2D eigenvalue weighted by molar-refractivity contribution is 0.316. The summed E-state index contributed by atoms with van der Waals surface area (Å²) in [4.78, 5) is 0. The van der Waals surface area contributed by atoms with E-state index in [1.807, 2.05) is 18.2 Å². The van der Waals surface area contributed by atoms with Gasteiger partial charge in [0.15, 0.2) is 0 Å². The van der Waals surface area contributed by atoms with Gasteiger partial charge in [-0.1, -0.05) is 31.7 Å². The van der Waals surface area contributed by atoms with Crippen molar-refractivity contribution in [3.63, 3.8) is 0 Å². The molecule has 0 radical (unpaired) electrons. The number of hydrogen-bond acceptors (Lipinski definition) is 1. The van der Waals surface area contributed by atoms with Gasteiger partial charge in [-0.3, -0.25) is 0 Å². The molecule has 1 aromatic rings. The van der Waals surface area contributed by atoms with E-state index < -0.39 is 0 Å². The van der Waals surface area contributed by atoms with Gasteiger partial charge in [0, 0.05) is 5.56 Å². The van der Waals surface area contributed by atoms with Crippen molar-refractivity contribution in [2.45, 2.75) is 20.3 Å². The van der Waals surface area contributed by atoms with Crippen LogP contribution in [-0.2, 0) is 0 Å². The highest BCUT2D eigenvalue weighted by Gasteiger charge is 1.99. The molecule has 0 aliphatic carbocycles. The Hall–Kier alpha value is -1.24. The van der Waals surface area contributed by atoms with E-state index in [4.69, 9.17) is 4.74 Å². The van der Waals surface area contributed by atoms with Crippen molar-refractivity contribution >= 4 is 6.08 Å². The lowest BCUT2D eigenvalue weighted by Crippen LogP contribution is -1.97. The summed E-state index contributed by atoms with van der Waals surface area (Å²) in [6.45, 7) is 8.68. The van der Waals surface area contributed by atoms with Crippen LogP contribution < -0.4 is 4.74 Å². The van der Waals surface area contributed by atoms with Crippen LogP contribution in [-0.4, -0.2) is 6.61 Å². The molecule has 0 N–H and O–H groups in total. The minimum atomic E-state index is 0.768. The molecule has 0 saturated carbocycles. The van der Waals surface area contributed by atoms with E-state index in [2.05, 4.69) is 26.5 Å². The zero-order chi connectivity index (χ0) is 9.68. The second-order valence-corrected chi connectivity index (χ2v) is 3.09. The Labute approximate surface area is 80.0 Å². The summed E-state index contributed by atoms with van der Waals surface area (Å²) >= 11 is 0. The minimum Gasteiger partial charge on any atom is -0.493 e. The molecular weight excluding hydrogens is 160 g/mol. The second kappa shape index (κ2) is 4.70. The van der Waals surface area contributed by atoms with Gasteiger partial charge in [0.25, 0.3) is 0 Å². The molecule has 0 unspecified atom stereocenters. The Bertz CT molecular complexity index is 289. The van der Waals surface area contributed by atoms with Gasteiger partial charge in [-0.15, -0.1) is 0 Å². The number of ether oxygens (including phenoxy) is 1. The van der Waals surface area contributed by atoms with Crippen molar-refractivity contribution in [2.24, 2.45) is 0 Å². The Morgan fingerprint density at radius 1 is 1.46 bits per heavy atom. The molecule has 13 heavy (non-hydrogen) atoms. The molecule has 1 heteroatoms. The van der Waals surface area contributed by atoms with Gasteiger partial charge in [-0.25, -0.2) is 0 Å². The monoisotopic (exact) mass is 176 g/mol. The predicted molar refractivity (Wildman–Crippen MR) is 57.1 cm³/mol. The fraction of sp³-hybridized carbons (Fsp3) is 0.333. The Balaban J connectivity index is 2.87. The zero-order valence-electron chi connectivity index (χ0n) is 8.34. The summed E-state index contributed by atoms with van der Waals surface area (Å²) in [6, 6.07) is 6.15. The van der Waals surface area contributed by atoms with E-state index in [9.17, 15) is 0 Å². The average Bonchev–Trinajstić information content (AvgIpc) is 2.15. The largest absolute Gasteiger partial charge is 0.493 e. The maximum atomic E-state index is 5.59. The summed E-state index contributed by atoms with van der Waals surface area (Å²) in [6.07, 6.45) is 2.86. The lowest BCUT2D eigenvalue weighted by atomic mass is 10.1. The maximum Gasteiger partial charge on any atom is 0.126 e. The molecule has 1 rings (SSSR count). The fourth-order valence-corrected chi connectivity index (χ4v) is 1.15. The van der Waals surface area contributed by atoms with E-state index in [0.29, 0.717) is 0 Å². The molecule has 0 bridgehead atoms. The zero-order valence-corrected chi connectivity index (χ0v) is 8.34. The van der Waals surface area contributed by atoms with Crippen LogP contribution in [0.15, 0.2) is 24.8 Å². The third-order valence-corrected chi connectivity index (χ3v) is 1.85. The van der Waals surface area contributed by atoms with Crippen LogP contribution in [0, 0.1) is 6.92 Å². The molecule has 0 aliphatic heterocycles. The summed E-state index contributed by atoms with van der Waals surface area (Å²) < 4.78 is 5.59. The summed E-state index contributed by atoms with van der Waals surface area (Å²) in [5.74, 6) is 0.942. The van der Waals surface area contributed by atoms with E-state index in [-0.39, 0.29) is 0 Å². The van der Waals surface area contributed by atoms with E-state index in [0.717, 1.165) is 24.3 Å². The van der Waals surface area contributed by atoms with Crippen molar-refractivity contribution in [3.8, 4) is 5.75 Å². The number of aryl methyl sites for hydroxylation is 1. The van der Waals surface area contributed by atoms with E-state index in [1.165, 1.54) is 5.56 Å². The highest BCUT2D eigenvalue weighted by molar-refractivity contribution is 5.56. The first kappa shape index (κ1) is 9.85. The Kier molecular flexibility index (Phi) is 3.56. The van der Waals surface area contributed by atoms with Crippen LogP contribution in [0.3, 0.4) is 0 Å². The van der Waals surface area contributed by atoms with Gasteiger partial charge in [0.05, 0.1) is 6.61 Å². The highest BCUT2D eigenvalue weighted by Crippen LogP contribution is 2.21. The van der Waals surface area contributed by atoms with Gasteiger partial charge in [-0.05, 0) is 25.0 Å². The van der Waals surface area contributed by atoms with Crippen molar-refractivity contribution in [1.82, 2.24) is 0 Å². The van der Waals surface area contributed by atoms with Crippen LogP contribution in [0.4, 0.5) is 0 Å². The normalized spacial score (nSPS) is 9.69. The number of benzene rings is 1. The predicted octanol–water partition coefficient (Wildman–Crippen LogP) is 3.43. The van der Waals surface area contributed by atoms with E-state index >= 15 is 0 Å². The Morgan fingerprint density at radius 3 is 2.85 bits per heavy atom. The average molecular weight is 176 g/mol. The first-order valence-corrected chi connectivity index (χ1v) is 4.63. The molecule has 1 aromatic carbocycles. The fourth-order valence-electron chi connectivity index (χ4n) is 1.15. The van der Waals surface area contributed by atoms with Gasteiger partial charge in [0.1, 0.15) is 5.75 Å². The van der Waals surface area contributed by atoms with Gasteiger partial charge < -0.3 is 4.74 Å². The van der Waals surface area contributed by atoms with Crippen LogP contribution in [0.1, 0.15) is 24.5 Å². The van der Waals surface area contributed by atoms with Crippen LogP contribution in [0.25, 0.3) is 6.08 Å². The van der Waals surface area contributed by atoms with Crippen molar-refractivity contribution in [2.75, 3.05) is 6.61 Å². The molecule has 0 aromatic heterocycles. The summed E-state index contributed by atoms with van der Waals surface area (Å²) in [5, 5.41) is 0. The lowest BCUT2D eigenvalue weighted by Gasteiger charge is -2.08. The van der Waals surface area contributed by atoms with Crippen LogP contribution in [0.2, 0.25) is 0 Å². The third-order valence-electron chi connectivity index (χ3n) is 1.85. The minimum absolute atomic E-state index is 0.768. The first-order valence-electron chi connectivity index (χ1n) is 4.63. The molecule has 70 valence electrons. The molecule has 1 nitrogen and oxygen atoms in total. The van der Waals surface area contributed by atoms with Crippen molar-refractivity contribution < 1.29 is 4.74 Å². The third kappa shape index (κ3) is 2.62. The van der Waals surface area contributed by atoms with Gasteiger partial charge in [-0.2, -0.15) is 0 Å². The van der Waals surface area contributed by atoms with Crippen molar-refractivity contribution in [3.05, 3.63) is 35.9 Å². The standard InChI is InChI=1S/C12H16O/c1-4-8-13-12-9-10(3)6-7-11(12)5-2/h5-7,9H,2,4,8H2,1,3H3. The molecular formula is C12H16O. The molecule has 0 saturated heterocycles. The molecule has 0 amide bonds. The number of hydrogen-bond donors (Lipinski definition) is 0. The molecule has 0 fully saturated rings. The maximum absolute atomic E-state index is 5.59. The van der Waals surface area contributed by atoms with Crippen LogP contribution >= 0.6 is 0 Å². The second-order valence-electron chi connectivity index (χ2n) is 3.09. The summed E-state index contributed by atoms with van der Waals surface area (Å²) in [7, 11) is 0. The molecule has 0 heterocycles. The molecule has 0 aliphatic rings. The Morgan fingerprint density at radius 2 is 2.23 bits per heavy atom. The van der Waals surface area contributed by atoms with Crippen molar-refractivity contribution in [1.29, 1.82) is 0 Å². The molecule has 0 atom stereocenters. The first-order chi connectivity index (χ1) is 6.27. The quantitative estimate of drug-likeness (QED) is 0.683. The highest BCUT2D eigenvalue weighted by atomic mass is 16.5. The number of rotatable bonds is 4. The van der Waals surface area contributed by atoms with Crippen LogP contribution in [0.5, 0.6) is 5.75 Å². The van der Waals surface area contributed by atoms with Gasteiger partial charge in [0.2, 0.25) is 0 Å². The van der Waals surface area contributed by atoms with E-state index in [1.54, 1.807) is 0 Å². The van der Waals surface area contributed by atoms with Gasteiger partial charge >= 0.3 is 0 Å². The summed E-state index contributed by atoms with van der Waals surface area (Å²) in [5.41, 5.74) is 2.29. The smallest absolute Gasteiger partial charge is 0.126 e. The SMILES string of the molecule is C=Cc1ccc(C)cc1OCCC.